The first-order valence-electron chi connectivity index (χ1n) is 7.71. The van der Waals surface area contributed by atoms with Gasteiger partial charge in [0.25, 0.3) is 0 Å². The standard InChI is InChI=1S/C17H27NO/c1-3-4-5-8-11-18-15-12-14(13-15)16-9-6-7-10-17(16)19-2/h6-7,9-10,14-15,18H,3-5,8,11-13H2,1-2H3. The van der Waals surface area contributed by atoms with E-state index in [0.717, 1.165) is 11.8 Å². The van der Waals surface area contributed by atoms with Crippen LogP contribution in [0, 0.1) is 0 Å². The third-order valence-electron chi connectivity index (χ3n) is 4.18. The molecule has 0 unspecified atom stereocenters. The van der Waals surface area contributed by atoms with Gasteiger partial charge in [0.2, 0.25) is 0 Å². The molecular formula is C17H27NO. The van der Waals surface area contributed by atoms with Crippen LogP contribution in [0.25, 0.3) is 0 Å². The minimum Gasteiger partial charge on any atom is -0.496 e. The van der Waals surface area contributed by atoms with Crippen molar-refractivity contribution in [2.24, 2.45) is 0 Å². The normalized spacial score (nSPS) is 22.0. The van der Waals surface area contributed by atoms with Gasteiger partial charge in [-0.2, -0.15) is 0 Å². The van der Waals surface area contributed by atoms with E-state index in [1.54, 1.807) is 7.11 Å². The zero-order valence-electron chi connectivity index (χ0n) is 12.3. The predicted octanol–water partition coefficient (Wildman–Crippen LogP) is 4.11. The van der Waals surface area contributed by atoms with Crippen molar-refractivity contribution in [1.29, 1.82) is 0 Å². The van der Waals surface area contributed by atoms with Crippen molar-refractivity contribution in [3.8, 4) is 5.75 Å². The molecule has 0 aromatic heterocycles. The summed E-state index contributed by atoms with van der Waals surface area (Å²) in [6.07, 6.45) is 7.90. The maximum absolute atomic E-state index is 5.44. The minimum absolute atomic E-state index is 0.685. The topological polar surface area (TPSA) is 21.3 Å². The maximum atomic E-state index is 5.44. The van der Waals surface area contributed by atoms with Crippen LogP contribution in [0.15, 0.2) is 24.3 Å². The highest BCUT2D eigenvalue weighted by atomic mass is 16.5. The van der Waals surface area contributed by atoms with Crippen molar-refractivity contribution in [3.05, 3.63) is 29.8 Å². The molecule has 0 aliphatic heterocycles. The fourth-order valence-electron chi connectivity index (χ4n) is 2.90. The molecule has 0 amide bonds. The number of rotatable bonds is 8. The Morgan fingerprint density at radius 2 is 1.95 bits per heavy atom. The highest BCUT2D eigenvalue weighted by Gasteiger charge is 2.31. The highest BCUT2D eigenvalue weighted by molar-refractivity contribution is 5.37. The average Bonchev–Trinajstić information content (AvgIpc) is 2.40. The van der Waals surface area contributed by atoms with Crippen LogP contribution >= 0.6 is 0 Å². The van der Waals surface area contributed by atoms with E-state index in [2.05, 4.69) is 30.4 Å². The Bertz CT molecular complexity index is 371. The number of nitrogens with one attached hydrogen (secondary N) is 1. The summed E-state index contributed by atoms with van der Waals surface area (Å²) < 4.78 is 5.44. The molecule has 1 aliphatic rings. The largest absolute Gasteiger partial charge is 0.496 e. The molecular weight excluding hydrogens is 234 g/mol. The molecule has 1 aromatic carbocycles. The number of unbranched alkanes of at least 4 members (excludes halogenated alkanes) is 3. The van der Waals surface area contributed by atoms with Gasteiger partial charge in [0.05, 0.1) is 7.11 Å². The van der Waals surface area contributed by atoms with Gasteiger partial charge in [-0.1, -0.05) is 44.4 Å². The summed E-state index contributed by atoms with van der Waals surface area (Å²) in [6, 6.07) is 9.16. The molecule has 0 heterocycles. The number of hydrogen-bond acceptors (Lipinski definition) is 2. The zero-order chi connectivity index (χ0) is 13.5. The Hall–Kier alpha value is -1.02. The van der Waals surface area contributed by atoms with Gasteiger partial charge < -0.3 is 10.1 Å². The van der Waals surface area contributed by atoms with E-state index in [0.29, 0.717) is 5.92 Å². The second kappa shape index (κ2) is 7.54. The van der Waals surface area contributed by atoms with Crippen LogP contribution < -0.4 is 10.1 Å². The molecule has 2 rings (SSSR count). The molecule has 1 N–H and O–H groups in total. The summed E-state index contributed by atoms with van der Waals surface area (Å²) in [6.45, 7) is 3.44. The van der Waals surface area contributed by atoms with Gasteiger partial charge in [-0.05, 0) is 43.4 Å². The Balaban J connectivity index is 1.68. The smallest absolute Gasteiger partial charge is 0.122 e. The Morgan fingerprint density at radius 3 is 2.68 bits per heavy atom. The summed E-state index contributed by atoms with van der Waals surface area (Å²) >= 11 is 0. The van der Waals surface area contributed by atoms with E-state index in [1.165, 1.54) is 50.6 Å². The molecule has 1 aromatic rings. The van der Waals surface area contributed by atoms with E-state index in [1.807, 2.05) is 6.07 Å². The number of methoxy groups -OCH3 is 1. The maximum Gasteiger partial charge on any atom is 0.122 e. The second-order valence-corrected chi connectivity index (χ2v) is 5.62. The number of hydrogen-bond donors (Lipinski definition) is 1. The Labute approximate surface area is 117 Å². The van der Waals surface area contributed by atoms with Crippen molar-refractivity contribution in [1.82, 2.24) is 5.32 Å². The van der Waals surface area contributed by atoms with Gasteiger partial charge in [0.1, 0.15) is 5.75 Å². The summed E-state index contributed by atoms with van der Waals surface area (Å²) in [5.74, 6) is 1.73. The number of benzene rings is 1. The predicted molar refractivity (Wildman–Crippen MR) is 80.9 cm³/mol. The molecule has 0 spiro atoms. The fraction of sp³-hybridized carbons (Fsp3) is 0.647. The first kappa shape index (κ1) is 14.4. The minimum atomic E-state index is 0.685. The SMILES string of the molecule is CCCCCCNC1CC(c2ccccc2OC)C1. The van der Waals surface area contributed by atoms with Crippen LogP contribution in [0.5, 0.6) is 5.75 Å². The third-order valence-corrected chi connectivity index (χ3v) is 4.18. The van der Waals surface area contributed by atoms with E-state index in [9.17, 15) is 0 Å². The van der Waals surface area contributed by atoms with Gasteiger partial charge >= 0.3 is 0 Å². The van der Waals surface area contributed by atoms with E-state index in [-0.39, 0.29) is 0 Å². The first-order valence-corrected chi connectivity index (χ1v) is 7.71. The quantitative estimate of drug-likeness (QED) is 0.711. The molecule has 0 saturated heterocycles. The zero-order valence-corrected chi connectivity index (χ0v) is 12.3. The van der Waals surface area contributed by atoms with Crippen molar-refractivity contribution in [3.63, 3.8) is 0 Å². The lowest BCUT2D eigenvalue weighted by Gasteiger charge is -2.37. The van der Waals surface area contributed by atoms with Gasteiger partial charge in [-0.25, -0.2) is 0 Å². The fourth-order valence-corrected chi connectivity index (χ4v) is 2.90. The summed E-state index contributed by atoms with van der Waals surface area (Å²) in [5.41, 5.74) is 1.38. The monoisotopic (exact) mass is 261 g/mol. The molecule has 1 saturated carbocycles. The van der Waals surface area contributed by atoms with Crippen molar-refractivity contribution in [2.75, 3.05) is 13.7 Å². The lowest BCUT2D eigenvalue weighted by atomic mass is 9.75. The first-order chi connectivity index (χ1) is 9.35. The van der Waals surface area contributed by atoms with E-state index >= 15 is 0 Å². The van der Waals surface area contributed by atoms with Crippen LogP contribution in [-0.4, -0.2) is 19.7 Å². The van der Waals surface area contributed by atoms with Crippen LogP contribution in [0.1, 0.15) is 56.9 Å². The van der Waals surface area contributed by atoms with E-state index in [4.69, 9.17) is 4.74 Å². The Morgan fingerprint density at radius 1 is 1.16 bits per heavy atom. The van der Waals surface area contributed by atoms with Crippen molar-refractivity contribution >= 4 is 0 Å². The Kier molecular flexibility index (Phi) is 5.71. The third kappa shape index (κ3) is 3.97. The van der Waals surface area contributed by atoms with Crippen molar-refractivity contribution in [2.45, 2.75) is 57.4 Å². The average molecular weight is 261 g/mol. The molecule has 2 heteroatoms. The number of ether oxygens (including phenoxy) is 1. The molecule has 1 fully saturated rings. The molecule has 106 valence electrons. The number of para-hydroxylation sites is 1. The van der Waals surface area contributed by atoms with Crippen LogP contribution in [0.2, 0.25) is 0 Å². The van der Waals surface area contributed by atoms with Crippen molar-refractivity contribution < 1.29 is 4.74 Å². The second-order valence-electron chi connectivity index (χ2n) is 5.62. The molecule has 0 atom stereocenters. The molecule has 19 heavy (non-hydrogen) atoms. The molecule has 0 radical (unpaired) electrons. The van der Waals surface area contributed by atoms with Gasteiger partial charge in [0.15, 0.2) is 0 Å². The lowest BCUT2D eigenvalue weighted by Crippen LogP contribution is -2.40. The lowest BCUT2D eigenvalue weighted by molar-refractivity contribution is 0.282. The summed E-state index contributed by atoms with van der Waals surface area (Å²) in [5, 5.41) is 3.67. The van der Waals surface area contributed by atoms with E-state index < -0.39 is 0 Å². The molecule has 1 aliphatic carbocycles. The van der Waals surface area contributed by atoms with Gasteiger partial charge in [0, 0.05) is 6.04 Å². The highest BCUT2D eigenvalue weighted by Crippen LogP contribution is 2.40. The van der Waals surface area contributed by atoms with Gasteiger partial charge in [-0.15, -0.1) is 0 Å². The van der Waals surface area contributed by atoms with Gasteiger partial charge in [-0.3, -0.25) is 0 Å². The summed E-state index contributed by atoms with van der Waals surface area (Å²) in [7, 11) is 1.76. The van der Waals surface area contributed by atoms with Crippen LogP contribution in [0.3, 0.4) is 0 Å². The van der Waals surface area contributed by atoms with Crippen LogP contribution in [0.4, 0.5) is 0 Å². The summed E-state index contributed by atoms with van der Waals surface area (Å²) in [4.78, 5) is 0. The molecule has 2 nitrogen and oxygen atoms in total. The molecule has 0 bridgehead atoms. The van der Waals surface area contributed by atoms with Crippen LogP contribution in [-0.2, 0) is 0 Å².